The highest BCUT2D eigenvalue weighted by atomic mass is 15.2. The lowest BCUT2D eigenvalue weighted by Crippen LogP contribution is -1.84. The zero-order valence-electron chi connectivity index (χ0n) is 13.1. The molecule has 4 rings (SSSR count). The summed E-state index contributed by atoms with van der Waals surface area (Å²) in [6, 6.07) is 18.3. The minimum Gasteiger partial charge on any atom is -0.283 e. The summed E-state index contributed by atoms with van der Waals surface area (Å²) in [5, 5.41) is 11.2. The van der Waals surface area contributed by atoms with E-state index < -0.39 is 0 Å². The van der Waals surface area contributed by atoms with Gasteiger partial charge in [0.05, 0.1) is 11.4 Å². The van der Waals surface area contributed by atoms with E-state index in [1.165, 1.54) is 0 Å². The Kier molecular flexibility index (Phi) is 3.15. The predicted octanol–water partition coefficient (Wildman–Crippen LogP) is 5.52. The van der Waals surface area contributed by atoms with Crippen molar-refractivity contribution in [3.05, 3.63) is 72.1 Å². The number of nitrogens with zero attached hydrogens (tertiary/aromatic N) is 4. The van der Waals surface area contributed by atoms with Gasteiger partial charge in [0.25, 0.3) is 0 Å². The minimum atomic E-state index is 0.775. The highest BCUT2D eigenvalue weighted by Crippen LogP contribution is 2.29. The summed E-state index contributed by atoms with van der Waals surface area (Å²) in [4.78, 5) is 4.54. The van der Waals surface area contributed by atoms with Gasteiger partial charge in [-0.25, -0.2) is 4.98 Å². The summed E-state index contributed by atoms with van der Waals surface area (Å²) in [6.07, 6.45) is 2.03. The van der Waals surface area contributed by atoms with E-state index in [9.17, 15) is 0 Å². The molecule has 2 aromatic heterocycles. The quantitative estimate of drug-likeness (QED) is 0.449. The van der Waals surface area contributed by atoms with Crippen LogP contribution >= 0.6 is 0 Å². The summed E-state index contributed by atoms with van der Waals surface area (Å²) >= 11 is 0. The topological polar surface area (TPSA) is 42.0 Å². The largest absolute Gasteiger partial charge is 0.283 e. The number of pyridine rings is 1. The normalized spacial score (nSPS) is 11.7. The molecule has 4 heteroatoms. The maximum absolute atomic E-state index is 4.54. The van der Waals surface area contributed by atoms with Gasteiger partial charge in [0.2, 0.25) is 0 Å². The molecule has 0 aliphatic carbocycles. The third kappa shape index (κ3) is 2.38. The van der Waals surface area contributed by atoms with Crippen LogP contribution in [0.5, 0.6) is 0 Å². The first-order chi connectivity index (χ1) is 11.2. The highest BCUT2D eigenvalue weighted by Gasteiger charge is 2.08. The molecule has 0 N–H and O–H groups in total. The van der Waals surface area contributed by atoms with Crippen LogP contribution in [-0.4, -0.2) is 9.38 Å². The molecule has 0 spiro atoms. The van der Waals surface area contributed by atoms with Crippen LogP contribution in [0, 0.1) is 13.8 Å². The smallest absolute Gasteiger partial charge is 0.182 e. The maximum Gasteiger partial charge on any atom is 0.182 e. The fraction of sp³-hybridized carbons (Fsp3) is 0.105. The van der Waals surface area contributed by atoms with Crippen molar-refractivity contribution in [1.82, 2.24) is 9.38 Å². The second kappa shape index (κ2) is 5.32. The summed E-state index contributed by atoms with van der Waals surface area (Å²) in [5.41, 5.74) is 3.79. The van der Waals surface area contributed by atoms with Gasteiger partial charge in [0.1, 0.15) is 5.65 Å². The van der Waals surface area contributed by atoms with Gasteiger partial charge in [-0.1, -0.05) is 42.5 Å². The van der Waals surface area contributed by atoms with E-state index in [1.54, 1.807) is 0 Å². The Bertz CT molecular complexity index is 1040. The second-order valence-electron chi connectivity index (χ2n) is 5.65. The first-order valence-corrected chi connectivity index (χ1v) is 7.57. The van der Waals surface area contributed by atoms with Crippen LogP contribution in [0.3, 0.4) is 0 Å². The summed E-state index contributed by atoms with van der Waals surface area (Å²) < 4.78 is 1.99. The molecule has 0 amide bonds. The van der Waals surface area contributed by atoms with Crippen LogP contribution in [-0.2, 0) is 0 Å². The van der Waals surface area contributed by atoms with Crippen molar-refractivity contribution in [2.45, 2.75) is 13.8 Å². The van der Waals surface area contributed by atoms with E-state index in [4.69, 9.17) is 0 Å². The number of fused-ring (bicyclic) bond motifs is 2. The molecule has 0 fully saturated rings. The standard InChI is InChI=1S/C19H16N4/c1-13-10-11-18-20-14(2)19(23(18)12-13)22-21-17-9-5-7-15-6-3-4-8-16(15)17/h3-12H,1-2H3. The van der Waals surface area contributed by atoms with Gasteiger partial charge in [-0.15, -0.1) is 10.2 Å². The average Bonchev–Trinajstić information content (AvgIpc) is 2.87. The Hall–Kier alpha value is -3.01. The molecular weight excluding hydrogens is 284 g/mol. The van der Waals surface area contributed by atoms with Crippen molar-refractivity contribution < 1.29 is 0 Å². The SMILES string of the molecule is Cc1ccc2nc(C)c(N=Nc3cccc4ccccc34)n2c1. The molecule has 0 saturated carbocycles. The number of aromatic nitrogens is 2. The number of hydrogen-bond acceptors (Lipinski definition) is 3. The van der Waals surface area contributed by atoms with Crippen molar-refractivity contribution in [3.63, 3.8) is 0 Å². The van der Waals surface area contributed by atoms with E-state index in [0.29, 0.717) is 0 Å². The molecule has 0 aliphatic heterocycles. The maximum atomic E-state index is 4.54. The van der Waals surface area contributed by atoms with Crippen LogP contribution < -0.4 is 0 Å². The number of hydrogen-bond donors (Lipinski definition) is 0. The van der Waals surface area contributed by atoms with Crippen LogP contribution in [0.2, 0.25) is 0 Å². The highest BCUT2D eigenvalue weighted by molar-refractivity contribution is 5.92. The van der Waals surface area contributed by atoms with Gasteiger partial charge in [-0.05, 0) is 36.9 Å². The van der Waals surface area contributed by atoms with Crippen LogP contribution in [0.4, 0.5) is 11.5 Å². The number of rotatable bonds is 2. The Morgan fingerprint density at radius 1 is 0.870 bits per heavy atom. The Labute approximate surface area is 134 Å². The van der Waals surface area contributed by atoms with Crippen molar-refractivity contribution in [3.8, 4) is 0 Å². The Morgan fingerprint density at radius 3 is 2.61 bits per heavy atom. The van der Waals surface area contributed by atoms with E-state index in [0.717, 1.165) is 39.2 Å². The lowest BCUT2D eigenvalue weighted by atomic mass is 10.1. The zero-order chi connectivity index (χ0) is 15.8. The predicted molar refractivity (Wildman–Crippen MR) is 92.8 cm³/mol. The third-order valence-electron chi connectivity index (χ3n) is 3.93. The van der Waals surface area contributed by atoms with Crippen LogP contribution in [0.15, 0.2) is 71.0 Å². The van der Waals surface area contributed by atoms with E-state index in [1.807, 2.05) is 53.9 Å². The number of imidazole rings is 1. The second-order valence-corrected chi connectivity index (χ2v) is 5.65. The van der Waals surface area contributed by atoms with Gasteiger partial charge < -0.3 is 0 Å². The molecule has 112 valence electrons. The average molecular weight is 300 g/mol. The molecule has 2 aromatic carbocycles. The first-order valence-electron chi connectivity index (χ1n) is 7.57. The lowest BCUT2D eigenvalue weighted by molar-refractivity contribution is 1.08. The molecular formula is C19H16N4. The molecule has 0 unspecified atom stereocenters. The monoisotopic (exact) mass is 300 g/mol. The summed E-state index contributed by atoms with van der Waals surface area (Å²) in [5.74, 6) is 0.775. The fourth-order valence-electron chi connectivity index (χ4n) is 2.77. The molecule has 0 bridgehead atoms. The fourth-order valence-corrected chi connectivity index (χ4v) is 2.77. The summed E-state index contributed by atoms with van der Waals surface area (Å²) in [7, 11) is 0. The van der Waals surface area contributed by atoms with E-state index in [2.05, 4.69) is 40.3 Å². The molecule has 0 radical (unpaired) electrons. The van der Waals surface area contributed by atoms with Gasteiger partial charge in [-0.3, -0.25) is 4.40 Å². The Balaban J connectivity index is 1.85. The van der Waals surface area contributed by atoms with Crippen molar-refractivity contribution in [2.24, 2.45) is 10.2 Å². The number of aryl methyl sites for hydroxylation is 2. The van der Waals surface area contributed by atoms with E-state index in [-0.39, 0.29) is 0 Å². The number of azo groups is 1. The Morgan fingerprint density at radius 2 is 1.70 bits per heavy atom. The molecule has 2 heterocycles. The molecule has 0 aliphatic rings. The molecule has 23 heavy (non-hydrogen) atoms. The van der Waals surface area contributed by atoms with Gasteiger partial charge in [-0.2, -0.15) is 0 Å². The lowest BCUT2D eigenvalue weighted by Gasteiger charge is -2.01. The molecule has 4 nitrogen and oxygen atoms in total. The first kappa shape index (κ1) is 13.6. The minimum absolute atomic E-state index is 0.775. The molecule has 0 saturated heterocycles. The van der Waals surface area contributed by atoms with Crippen LogP contribution in [0.25, 0.3) is 16.4 Å². The van der Waals surface area contributed by atoms with Crippen molar-refractivity contribution in [2.75, 3.05) is 0 Å². The van der Waals surface area contributed by atoms with E-state index >= 15 is 0 Å². The zero-order valence-corrected chi connectivity index (χ0v) is 13.1. The van der Waals surface area contributed by atoms with Gasteiger partial charge >= 0.3 is 0 Å². The van der Waals surface area contributed by atoms with Gasteiger partial charge in [0.15, 0.2) is 5.82 Å². The summed E-state index contributed by atoms with van der Waals surface area (Å²) in [6.45, 7) is 4.01. The number of benzene rings is 2. The molecule has 4 aromatic rings. The van der Waals surface area contributed by atoms with Crippen molar-refractivity contribution in [1.29, 1.82) is 0 Å². The molecule has 0 atom stereocenters. The van der Waals surface area contributed by atoms with Gasteiger partial charge in [0, 0.05) is 11.6 Å². The third-order valence-corrected chi connectivity index (χ3v) is 3.93. The van der Waals surface area contributed by atoms with Crippen LogP contribution in [0.1, 0.15) is 11.3 Å². The van der Waals surface area contributed by atoms with Crippen molar-refractivity contribution >= 4 is 27.9 Å².